The Morgan fingerprint density at radius 3 is 3.12 bits per heavy atom. The van der Waals surface area contributed by atoms with Crippen LogP contribution in [0.1, 0.15) is 24.9 Å². The molecule has 1 fully saturated rings. The molecule has 2 rings (SSSR count). The highest BCUT2D eigenvalue weighted by Crippen LogP contribution is 2.28. The third kappa shape index (κ3) is 2.34. The lowest BCUT2D eigenvalue weighted by atomic mass is 9.84. The Morgan fingerprint density at radius 1 is 1.82 bits per heavy atom. The van der Waals surface area contributed by atoms with Gasteiger partial charge in [-0.15, -0.1) is 11.3 Å². The summed E-state index contributed by atoms with van der Waals surface area (Å²) in [5.41, 5.74) is 5.28. The average molecular weight is 255 g/mol. The molecule has 0 radical (unpaired) electrons. The van der Waals surface area contributed by atoms with Crippen LogP contribution in [0, 0.1) is 5.41 Å². The predicted molar refractivity (Wildman–Crippen MR) is 65.6 cm³/mol. The maximum Gasteiger partial charge on any atom is 0.230 e. The number of rotatable bonds is 3. The van der Waals surface area contributed by atoms with Gasteiger partial charge in [0.1, 0.15) is 5.01 Å². The Bertz CT molecular complexity index is 395. The summed E-state index contributed by atoms with van der Waals surface area (Å²) in [6.07, 6.45) is 1.73. The zero-order chi connectivity index (χ0) is 12.5. The first kappa shape index (κ1) is 12.5. The molecule has 1 aliphatic rings. The third-order valence-electron chi connectivity index (χ3n) is 3.21. The summed E-state index contributed by atoms with van der Waals surface area (Å²) in [4.78, 5) is 16.4. The largest absolute Gasteiger partial charge is 0.379 e. The molecule has 0 aromatic carbocycles. The van der Waals surface area contributed by atoms with Crippen molar-refractivity contribution in [1.29, 1.82) is 0 Å². The van der Waals surface area contributed by atoms with Gasteiger partial charge < -0.3 is 15.8 Å². The van der Waals surface area contributed by atoms with Crippen LogP contribution in [0.15, 0.2) is 11.6 Å². The van der Waals surface area contributed by atoms with E-state index in [0.717, 1.165) is 5.01 Å². The van der Waals surface area contributed by atoms with Crippen LogP contribution in [0.5, 0.6) is 0 Å². The van der Waals surface area contributed by atoms with Gasteiger partial charge in [-0.25, -0.2) is 4.98 Å². The average Bonchev–Trinajstić information content (AvgIpc) is 2.90. The SMILES string of the molecule is CC(NC(=O)C1(C)COCC1N)c1nccs1. The monoisotopic (exact) mass is 255 g/mol. The molecule has 0 spiro atoms. The summed E-state index contributed by atoms with van der Waals surface area (Å²) < 4.78 is 5.27. The third-order valence-corrected chi connectivity index (χ3v) is 4.16. The zero-order valence-electron chi connectivity index (χ0n) is 9.97. The van der Waals surface area contributed by atoms with E-state index >= 15 is 0 Å². The Kier molecular flexibility index (Phi) is 3.46. The van der Waals surface area contributed by atoms with Crippen molar-refractivity contribution >= 4 is 17.2 Å². The lowest BCUT2D eigenvalue weighted by molar-refractivity contribution is -0.131. The second-order valence-corrected chi connectivity index (χ2v) is 5.53. The molecule has 1 aromatic rings. The molecule has 0 saturated carbocycles. The Morgan fingerprint density at radius 2 is 2.59 bits per heavy atom. The summed E-state index contributed by atoms with van der Waals surface area (Å²) in [6, 6.07) is -0.335. The van der Waals surface area contributed by atoms with Gasteiger partial charge in [0, 0.05) is 17.6 Å². The van der Waals surface area contributed by atoms with Crippen molar-refractivity contribution in [3.63, 3.8) is 0 Å². The number of carbonyl (C=O) groups excluding carboxylic acids is 1. The molecule has 0 aliphatic carbocycles. The lowest BCUT2D eigenvalue weighted by Gasteiger charge is -2.27. The van der Waals surface area contributed by atoms with E-state index in [1.54, 1.807) is 6.20 Å². The lowest BCUT2D eigenvalue weighted by Crippen LogP contribution is -2.50. The van der Waals surface area contributed by atoms with Crippen LogP contribution in [0.4, 0.5) is 0 Å². The topological polar surface area (TPSA) is 77.2 Å². The molecule has 17 heavy (non-hydrogen) atoms. The molecule has 1 saturated heterocycles. The molecule has 1 aromatic heterocycles. The number of carbonyl (C=O) groups is 1. The van der Waals surface area contributed by atoms with Gasteiger partial charge in [-0.3, -0.25) is 4.79 Å². The van der Waals surface area contributed by atoms with E-state index in [1.807, 2.05) is 19.2 Å². The van der Waals surface area contributed by atoms with Crippen molar-refractivity contribution in [3.05, 3.63) is 16.6 Å². The quantitative estimate of drug-likeness (QED) is 0.833. The number of hydrogen-bond donors (Lipinski definition) is 2. The smallest absolute Gasteiger partial charge is 0.230 e. The van der Waals surface area contributed by atoms with E-state index in [0.29, 0.717) is 13.2 Å². The van der Waals surface area contributed by atoms with Crippen LogP contribution < -0.4 is 11.1 Å². The van der Waals surface area contributed by atoms with Crippen LogP contribution in [0.25, 0.3) is 0 Å². The Balaban J connectivity index is 2.02. The van der Waals surface area contributed by atoms with Crippen LogP contribution in [0.3, 0.4) is 0 Å². The van der Waals surface area contributed by atoms with Gasteiger partial charge in [-0.1, -0.05) is 0 Å². The highest BCUT2D eigenvalue weighted by atomic mass is 32.1. The summed E-state index contributed by atoms with van der Waals surface area (Å²) >= 11 is 1.53. The van der Waals surface area contributed by atoms with E-state index in [2.05, 4.69) is 10.3 Å². The summed E-state index contributed by atoms with van der Waals surface area (Å²) in [7, 11) is 0. The van der Waals surface area contributed by atoms with Gasteiger partial charge in [0.25, 0.3) is 0 Å². The fourth-order valence-corrected chi connectivity index (χ4v) is 2.44. The van der Waals surface area contributed by atoms with Gasteiger partial charge in [-0.05, 0) is 13.8 Å². The second kappa shape index (κ2) is 4.72. The summed E-state index contributed by atoms with van der Waals surface area (Å²) in [5.74, 6) is -0.0646. The van der Waals surface area contributed by atoms with Crippen LogP contribution >= 0.6 is 11.3 Å². The van der Waals surface area contributed by atoms with Crippen molar-refractivity contribution in [2.75, 3.05) is 13.2 Å². The molecular formula is C11H17N3O2S. The number of amides is 1. The molecule has 5 nitrogen and oxygen atoms in total. The fourth-order valence-electron chi connectivity index (χ4n) is 1.79. The highest BCUT2D eigenvalue weighted by molar-refractivity contribution is 7.09. The maximum atomic E-state index is 12.2. The molecule has 3 atom stereocenters. The molecular weight excluding hydrogens is 238 g/mol. The van der Waals surface area contributed by atoms with Gasteiger partial charge in [0.2, 0.25) is 5.91 Å². The summed E-state index contributed by atoms with van der Waals surface area (Å²) in [6.45, 7) is 4.58. The number of nitrogens with zero attached hydrogens (tertiary/aromatic N) is 1. The van der Waals surface area contributed by atoms with E-state index < -0.39 is 5.41 Å². The number of nitrogens with two attached hydrogens (primary N) is 1. The number of nitrogens with one attached hydrogen (secondary N) is 1. The fraction of sp³-hybridized carbons (Fsp3) is 0.636. The maximum absolute atomic E-state index is 12.2. The minimum Gasteiger partial charge on any atom is -0.379 e. The number of ether oxygens (including phenoxy) is 1. The minimum absolute atomic E-state index is 0.0646. The first-order valence-electron chi connectivity index (χ1n) is 5.57. The molecule has 1 amide bonds. The van der Waals surface area contributed by atoms with Gasteiger partial charge >= 0.3 is 0 Å². The van der Waals surface area contributed by atoms with Crippen LogP contribution in [0.2, 0.25) is 0 Å². The van der Waals surface area contributed by atoms with Gasteiger partial charge in [0.05, 0.1) is 24.7 Å². The number of hydrogen-bond acceptors (Lipinski definition) is 5. The number of thiazole rings is 1. The molecule has 3 N–H and O–H groups in total. The van der Waals surface area contributed by atoms with Crippen molar-refractivity contribution in [1.82, 2.24) is 10.3 Å². The first-order chi connectivity index (χ1) is 8.04. The Labute approximate surface area is 104 Å². The first-order valence-corrected chi connectivity index (χ1v) is 6.45. The van der Waals surface area contributed by atoms with E-state index in [9.17, 15) is 4.79 Å². The van der Waals surface area contributed by atoms with Crippen molar-refractivity contribution in [2.45, 2.75) is 25.9 Å². The normalized spacial score (nSPS) is 30.2. The Hall–Kier alpha value is -0.980. The molecule has 2 heterocycles. The molecule has 0 bridgehead atoms. The van der Waals surface area contributed by atoms with Crippen molar-refractivity contribution in [2.24, 2.45) is 11.1 Å². The standard InChI is InChI=1S/C11H17N3O2S/c1-7(9-13-3-4-17-9)14-10(15)11(2)6-16-5-8(11)12/h3-4,7-8H,5-6,12H2,1-2H3,(H,14,15). The minimum atomic E-state index is -0.633. The van der Waals surface area contributed by atoms with E-state index in [1.165, 1.54) is 11.3 Å². The highest BCUT2D eigenvalue weighted by Gasteiger charge is 2.44. The van der Waals surface area contributed by atoms with Crippen LogP contribution in [-0.4, -0.2) is 30.1 Å². The van der Waals surface area contributed by atoms with Gasteiger partial charge in [0.15, 0.2) is 0 Å². The predicted octanol–water partition coefficient (Wildman–Crippen LogP) is 0.684. The molecule has 3 unspecified atom stereocenters. The van der Waals surface area contributed by atoms with Crippen molar-refractivity contribution in [3.8, 4) is 0 Å². The second-order valence-electron chi connectivity index (χ2n) is 4.60. The number of aromatic nitrogens is 1. The van der Waals surface area contributed by atoms with Gasteiger partial charge in [-0.2, -0.15) is 0 Å². The zero-order valence-corrected chi connectivity index (χ0v) is 10.8. The molecule has 6 heteroatoms. The van der Waals surface area contributed by atoms with Crippen molar-refractivity contribution < 1.29 is 9.53 Å². The van der Waals surface area contributed by atoms with Crippen LogP contribution in [-0.2, 0) is 9.53 Å². The molecule has 94 valence electrons. The van der Waals surface area contributed by atoms with E-state index in [4.69, 9.17) is 10.5 Å². The summed E-state index contributed by atoms with van der Waals surface area (Å²) in [5, 5.41) is 5.73. The van der Waals surface area contributed by atoms with E-state index in [-0.39, 0.29) is 18.0 Å². The molecule has 1 aliphatic heterocycles.